The number of methoxy groups -OCH3 is 2. The first-order valence-corrected chi connectivity index (χ1v) is 5.09. The van der Waals surface area contributed by atoms with Gasteiger partial charge in [-0.3, -0.25) is 0 Å². The molecule has 3 heteroatoms. The van der Waals surface area contributed by atoms with Crippen LogP contribution < -0.4 is 14.9 Å². The van der Waals surface area contributed by atoms with E-state index in [0.29, 0.717) is 11.2 Å². The maximum atomic E-state index is 6.03. The normalized spacial score (nSPS) is 10.4. The van der Waals surface area contributed by atoms with Gasteiger partial charge in [0.25, 0.3) is 0 Å². The Morgan fingerprint density at radius 2 is 1.44 bits per heavy atom. The van der Waals surface area contributed by atoms with Crippen molar-refractivity contribution >= 4 is 24.1 Å². The summed E-state index contributed by atoms with van der Waals surface area (Å²) < 4.78 is 10.8. The van der Waals surface area contributed by atoms with Crippen LogP contribution in [0.1, 0.15) is 5.56 Å². The van der Waals surface area contributed by atoms with Crippen molar-refractivity contribution in [3.63, 3.8) is 0 Å². The molecule has 0 spiro atoms. The number of fused-ring (bicyclic) bond motifs is 1. The second-order valence-electron chi connectivity index (χ2n) is 3.65. The molecule has 0 aliphatic carbocycles. The first-order chi connectivity index (χ1) is 7.70. The minimum atomic E-state index is 0.637. The molecule has 0 fully saturated rings. The summed E-state index contributed by atoms with van der Waals surface area (Å²) in [6, 6.07) is 7.91. The third-order valence-electron chi connectivity index (χ3n) is 2.81. The fourth-order valence-electron chi connectivity index (χ4n) is 2.00. The molecule has 0 N–H and O–H groups in total. The van der Waals surface area contributed by atoms with Crippen LogP contribution >= 0.6 is 0 Å². The number of rotatable bonds is 2. The average Bonchev–Trinajstić information content (AvgIpc) is 2.31. The molecule has 0 unspecified atom stereocenters. The van der Waals surface area contributed by atoms with Crippen molar-refractivity contribution in [1.82, 2.24) is 0 Å². The number of ether oxygens (including phenoxy) is 2. The Labute approximate surface area is 96.6 Å². The molecule has 0 amide bonds. The van der Waals surface area contributed by atoms with E-state index in [4.69, 9.17) is 17.3 Å². The van der Waals surface area contributed by atoms with E-state index < -0.39 is 0 Å². The monoisotopic (exact) mass is 212 g/mol. The molecular formula is C13H13BO2. The molecule has 16 heavy (non-hydrogen) atoms. The van der Waals surface area contributed by atoms with E-state index in [1.165, 1.54) is 0 Å². The van der Waals surface area contributed by atoms with Crippen LogP contribution in [0.15, 0.2) is 24.3 Å². The van der Waals surface area contributed by atoms with Crippen molar-refractivity contribution in [1.29, 1.82) is 0 Å². The second-order valence-corrected chi connectivity index (χ2v) is 3.65. The Bertz CT molecular complexity index is 486. The number of benzene rings is 2. The molecule has 0 saturated heterocycles. The molecule has 2 radical (unpaired) electrons. The molecule has 0 aliphatic heterocycles. The molecule has 2 aromatic rings. The summed E-state index contributed by atoms with van der Waals surface area (Å²) in [6.07, 6.45) is 0. The lowest BCUT2D eigenvalue weighted by molar-refractivity contribution is 0.410. The number of hydrogen-bond acceptors (Lipinski definition) is 2. The topological polar surface area (TPSA) is 18.5 Å². The Balaban J connectivity index is 2.95. The third kappa shape index (κ3) is 1.43. The maximum absolute atomic E-state index is 6.03. The largest absolute Gasteiger partial charge is 0.497 e. The molecule has 80 valence electrons. The summed E-state index contributed by atoms with van der Waals surface area (Å²) in [5.41, 5.74) is 1.55. The lowest BCUT2D eigenvalue weighted by Gasteiger charge is -2.16. The molecule has 0 aliphatic rings. The summed E-state index contributed by atoms with van der Waals surface area (Å²) in [5.74, 6) is 1.53. The van der Waals surface area contributed by atoms with Crippen molar-refractivity contribution in [3.8, 4) is 11.5 Å². The van der Waals surface area contributed by atoms with Crippen molar-refractivity contribution in [2.75, 3.05) is 14.2 Å². The predicted molar refractivity (Wildman–Crippen MR) is 67.2 cm³/mol. The molecule has 0 bridgehead atoms. The van der Waals surface area contributed by atoms with Crippen LogP contribution in [0.25, 0.3) is 10.8 Å². The van der Waals surface area contributed by atoms with Gasteiger partial charge in [-0.1, -0.05) is 24.3 Å². The zero-order valence-electron chi connectivity index (χ0n) is 9.70. The van der Waals surface area contributed by atoms with Crippen molar-refractivity contribution in [2.45, 2.75) is 6.92 Å². The van der Waals surface area contributed by atoms with Gasteiger partial charge in [-0.25, -0.2) is 0 Å². The van der Waals surface area contributed by atoms with Crippen LogP contribution in [0, 0.1) is 6.92 Å². The molecule has 0 saturated carbocycles. The SMILES string of the molecule is [B]c1c(C)c(OC)c2ccccc2c1OC. The van der Waals surface area contributed by atoms with Gasteiger partial charge in [0.15, 0.2) is 0 Å². The van der Waals surface area contributed by atoms with Gasteiger partial charge in [-0.15, -0.1) is 0 Å². The first kappa shape index (κ1) is 10.9. The van der Waals surface area contributed by atoms with E-state index in [-0.39, 0.29) is 0 Å². The van der Waals surface area contributed by atoms with Gasteiger partial charge in [0.05, 0.1) is 14.2 Å². The second kappa shape index (κ2) is 4.09. The smallest absolute Gasteiger partial charge is 0.129 e. The van der Waals surface area contributed by atoms with Gasteiger partial charge < -0.3 is 9.47 Å². The molecular weight excluding hydrogens is 199 g/mol. The Morgan fingerprint density at radius 3 is 1.94 bits per heavy atom. The van der Waals surface area contributed by atoms with Gasteiger partial charge in [0.2, 0.25) is 0 Å². The highest BCUT2D eigenvalue weighted by molar-refractivity contribution is 6.37. The van der Waals surface area contributed by atoms with E-state index in [0.717, 1.165) is 22.1 Å². The lowest BCUT2D eigenvalue weighted by atomic mass is 9.86. The van der Waals surface area contributed by atoms with E-state index in [9.17, 15) is 0 Å². The van der Waals surface area contributed by atoms with Crippen LogP contribution in [-0.2, 0) is 0 Å². The average molecular weight is 212 g/mol. The maximum Gasteiger partial charge on any atom is 0.129 e. The zero-order chi connectivity index (χ0) is 11.7. The highest BCUT2D eigenvalue weighted by Gasteiger charge is 2.13. The fourth-order valence-corrected chi connectivity index (χ4v) is 2.00. The standard InChI is InChI=1S/C13H13BO2/c1-8-11(14)13(16-3)10-7-5-4-6-9(10)12(8)15-2/h4-7H,1-3H3. The Hall–Kier alpha value is -1.64. The van der Waals surface area contributed by atoms with Crippen LogP contribution in [0.4, 0.5) is 0 Å². The van der Waals surface area contributed by atoms with E-state index >= 15 is 0 Å². The van der Waals surface area contributed by atoms with Gasteiger partial charge in [0.1, 0.15) is 19.3 Å². The van der Waals surface area contributed by atoms with Gasteiger partial charge in [0, 0.05) is 10.8 Å². The molecule has 2 nitrogen and oxygen atoms in total. The zero-order valence-corrected chi connectivity index (χ0v) is 9.70. The first-order valence-electron chi connectivity index (χ1n) is 5.09. The fraction of sp³-hybridized carbons (Fsp3) is 0.231. The Kier molecular flexibility index (Phi) is 2.78. The summed E-state index contributed by atoms with van der Waals surface area (Å²) in [7, 11) is 9.31. The van der Waals surface area contributed by atoms with E-state index in [1.54, 1.807) is 14.2 Å². The molecule has 0 atom stereocenters. The molecule has 0 heterocycles. The lowest BCUT2D eigenvalue weighted by Crippen LogP contribution is -2.13. The summed E-state index contributed by atoms with van der Waals surface area (Å²) in [4.78, 5) is 0. The van der Waals surface area contributed by atoms with Gasteiger partial charge in [-0.2, -0.15) is 0 Å². The minimum absolute atomic E-state index is 0.637. The molecule has 2 rings (SSSR count). The van der Waals surface area contributed by atoms with Crippen molar-refractivity contribution < 1.29 is 9.47 Å². The van der Waals surface area contributed by atoms with Crippen molar-refractivity contribution in [3.05, 3.63) is 29.8 Å². The quantitative estimate of drug-likeness (QED) is 0.708. The highest BCUT2D eigenvalue weighted by atomic mass is 16.5. The third-order valence-corrected chi connectivity index (χ3v) is 2.81. The van der Waals surface area contributed by atoms with Gasteiger partial charge in [-0.05, 0) is 17.9 Å². The van der Waals surface area contributed by atoms with Crippen LogP contribution in [0.3, 0.4) is 0 Å². The van der Waals surface area contributed by atoms with Crippen LogP contribution in [0.2, 0.25) is 0 Å². The van der Waals surface area contributed by atoms with E-state index in [2.05, 4.69) is 0 Å². The number of hydrogen-bond donors (Lipinski definition) is 0. The highest BCUT2D eigenvalue weighted by Crippen LogP contribution is 2.33. The minimum Gasteiger partial charge on any atom is -0.497 e. The summed E-state index contributed by atoms with van der Waals surface area (Å²) in [5, 5.41) is 2.00. The predicted octanol–water partition coefficient (Wildman–Crippen LogP) is 1.96. The Morgan fingerprint density at radius 1 is 0.938 bits per heavy atom. The van der Waals surface area contributed by atoms with Crippen LogP contribution in [-0.4, -0.2) is 22.1 Å². The van der Waals surface area contributed by atoms with E-state index in [1.807, 2.05) is 31.2 Å². The summed E-state index contributed by atoms with van der Waals surface area (Å²) in [6.45, 7) is 1.93. The molecule has 2 aromatic carbocycles. The van der Waals surface area contributed by atoms with Crippen LogP contribution in [0.5, 0.6) is 11.5 Å². The molecule has 0 aromatic heterocycles. The van der Waals surface area contributed by atoms with Crippen molar-refractivity contribution in [2.24, 2.45) is 0 Å². The summed E-state index contributed by atoms with van der Waals surface area (Å²) >= 11 is 0. The van der Waals surface area contributed by atoms with Gasteiger partial charge >= 0.3 is 0 Å².